The van der Waals surface area contributed by atoms with Gasteiger partial charge in [-0.25, -0.2) is 0 Å². The average Bonchev–Trinajstić information content (AvgIpc) is 2.63. The van der Waals surface area contributed by atoms with E-state index in [1.54, 1.807) is 6.26 Å². The van der Waals surface area contributed by atoms with Crippen LogP contribution in [0.4, 0.5) is 0 Å². The van der Waals surface area contributed by atoms with Crippen molar-refractivity contribution in [1.82, 2.24) is 10.2 Å². The van der Waals surface area contributed by atoms with Crippen LogP contribution in [0.3, 0.4) is 0 Å². The highest BCUT2D eigenvalue weighted by Gasteiger charge is 2.41. The zero-order chi connectivity index (χ0) is 13.9. The summed E-state index contributed by atoms with van der Waals surface area (Å²) in [6.07, 6.45) is 3.45. The Morgan fingerprint density at radius 1 is 1.39 bits per heavy atom. The topological polar surface area (TPSA) is 49.4 Å². The van der Waals surface area contributed by atoms with Gasteiger partial charge in [0.2, 0.25) is 5.91 Å². The van der Waals surface area contributed by atoms with Gasteiger partial charge >= 0.3 is 0 Å². The zero-order valence-electron chi connectivity index (χ0n) is 12.1. The van der Waals surface area contributed by atoms with Gasteiger partial charge in [0.15, 0.2) is 0 Å². The third-order valence-corrected chi connectivity index (χ3v) is 4.37. The first-order valence-corrected chi connectivity index (χ1v) is 8.49. The molecular weight excluding hydrogens is 248 g/mol. The molecule has 0 aromatic carbocycles. The fourth-order valence-corrected chi connectivity index (χ4v) is 3.12. The largest absolute Gasteiger partial charge is 0.323 e. The van der Waals surface area contributed by atoms with Gasteiger partial charge in [0, 0.05) is 28.9 Å². The van der Waals surface area contributed by atoms with Crippen LogP contribution in [0.1, 0.15) is 40.5 Å². The minimum atomic E-state index is -0.788. The van der Waals surface area contributed by atoms with Crippen LogP contribution >= 0.6 is 0 Å². The first-order valence-electron chi connectivity index (χ1n) is 6.76. The molecule has 1 rings (SSSR count). The predicted molar refractivity (Wildman–Crippen MR) is 75.7 cm³/mol. The first-order chi connectivity index (χ1) is 8.38. The molecule has 0 aliphatic carbocycles. The molecule has 1 aliphatic rings. The third-order valence-electron chi connectivity index (χ3n) is 3.56. The van der Waals surface area contributed by atoms with Crippen molar-refractivity contribution in [3.63, 3.8) is 0 Å². The molecule has 5 heteroatoms. The number of amides is 1. The Balaban J connectivity index is 2.75. The predicted octanol–water partition coefficient (Wildman–Crippen LogP) is 1.34. The second kappa shape index (κ2) is 6.66. The molecule has 0 bridgehead atoms. The smallest absolute Gasteiger partial charge is 0.241 e. The lowest BCUT2D eigenvalue weighted by molar-refractivity contribution is -0.132. The van der Waals surface area contributed by atoms with Crippen molar-refractivity contribution in [2.45, 2.75) is 58.8 Å². The average molecular weight is 274 g/mol. The molecule has 4 nitrogen and oxygen atoms in total. The molecular formula is C13H26N2O2S. The van der Waals surface area contributed by atoms with Gasteiger partial charge in [-0.2, -0.15) is 0 Å². The van der Waals surface area contributed by atoms with Crippen LogP contribution in [0.2, 0.25) is 0 Å². The maximum Gasteiger partial charge on any atom is 0.241 e. The van der Waals surface area contributed by atoms with E-state index in [0.29, 0.717) is 11.7 Å². The summed E-state index contributed by atoms with van der Waals surface area (Å²) in [5.41, 5.74) is 0. The molecule has 4 atom stereocenters. The van der Waals surface area contributed by atoms with Gasteiger partial charge in [-0.3, -0.25) is 14.3 Å². The van der Waals surface area contributed by atoms with E-state index in [4.69, 9.17) is 0 Å². The second-order valence-electron chi connectivity index (χ2n) is 5.48. The molecule has 0 aromatic heterocycles. The standard InChI is InChI=1S/C13H26N2O2S/c1-6-11-13(16)15(12(14-11)9(2)3)10(4)7-8-18(5)17/h9-12,14H,6-8H2,1-5H3. The van der Waals surface area contributed by atoms with Crippen LogP contribution in [-0.4, -0.2) is 45.3 Å². The molecule has 0 saturated carbocycles. The molecule has 0 radical (unpaired) electrons. The van der Waals surface area contributed by atoms with Gasteiger partial charge in [0.1, 0.15) is 0 Å². The molecule has 1 saturated heterocycles. The van der Waals surface area contributed by atoms with Crippen LogP contribution in [-0.2, 0) is 15.6 Å². The highest BCUT2D eigenvalue weighted by molar-refractivity contribution is 7.84. The molecule has 4 unspecified atom stereocenters. The van der Waals surface area contributed by atoms with Gasteiger partial charge in [0.05, 0.1) is 12.2 Å². The van der Waals surface area contributed by atoms with Crippen LogP contribution in [0.15, 0.2) is 0 Å². The Hall–Kier alpha value is -0.420. The van der Waals surface area contributed by atoms with Crippen LogP contribution < -0.4 is 5.32 Å². The number of nitrogens with zero attached hydrogens (tertiary/aromatic N) is 1. The summed E-state index contributed by atoms with van der Waals surface area (Å²) < 4.78 is 11.2. The van der Waals surface area contributed by atoms with Gasteiger partial charge in [0.25, 0.3) is 0 Å². The molecule has 1 heterocycles. The van der Waals surface area contributed by atoms with Gasteiger partial charge in [-0.1, -0.05) is 20.8 Å². The van der Waals surface area contributed by atoms with Crippen molar-refractivity contribution >= 4 is 16.7 Å². The van der Waals surface area contributed by atoms with E-state index in [0.717, 1.165) is 12.8 Å². The monoisotopic (exact) mass is 274 g/mol. The van der Waals surface area contributed by atoms with Gasteiger partial charge < -0.3 is 4.90 Å². The van der Waals surface area contributed by atoms with Gasteiger partial charge in [-0.05, 0) is 25.7 Å². The summed E-state index contributed by atoms with van der Waals surface area (Å²) in [7, 11) is -0.788. The lowest BCUT2D eigenvalue weighted by atomic mass is 10.1. The van der Waals surface area contributed by atoms with E-state index in [1.165, 1.54) is 0 Å². The van der Waals surface area contributed by atoms with Crippen LogP contribution in [0.5, 0.6) is 0 Å². The highest BCUT2D eigenvalue weighted by atomic mass is 32.2. The van der Waals surface area contributed by atoms with E-state index in [9.17, 15) is 9.00 Å². The number of hydrogen-bond acceptors (Lipinski definition) is 3. The fourth-order valence-electron chi connectivity index (χ4n) is 2.45. The Labute approximate surface area is 113 Å². The van der Waals surface area contributed by atoms with Crippen molar-refractivity contribution in [1.29, 1.82) is 0 Å². The lowest BCUT2D eigenvalue weighted by Gasteiger charge is -2.32. The van der Waals surface area contributed by atoms with E-state index in [-0.39, 0.29) is 24.2 Å². The molecule has 1 amide bonds. The SMILES string of the molecule is CCC1NC(C(C)C)N(C(C)CCS(C)=O)C1=O. The van der Waals surface area contributed by atoms with Crippen LogP contribution in [0.25, 0.3) is 0 Å². The molecule has 1 N–H and O–H groups in total. The lowest BCUT2D eigenvalue weighted by Crippen LogP contribution is -2.46. The Morgan fingerprint density at radius 2 is 2.00 bits per heavy atom. The third kappa shape index (κ3) is 3.54. The summed E-state index contributed by atoms with van der Waals surface area (Å²) in [5, 5.41) is 3.41. The highest BCUT2D eigenvalue weighted by Crippen LogP contribution is 2.23. The Morgan fingerprint density at radius 3 is 2.44 bits per heavy atom. The molecule has 0 spiro atoms. The Kier molecular flexibility index (Phi) is 5.79. The summed E-state index contributed by atoms with van der Waals surface area (Å²) in [4.78, 5) is 14.3. The minimum absolute atomic E-state index is 0.0491. The molecule has 106 valence electrons. The van der Waals surface area contributed by atoms with Crippen molar-refractivity contribution in [3.8, 4) is 0 Å². The van der Waals surface area contributed by atoms with Crippen molar-refractivity contribution in [3.05, 3.63) is 0 Å². The zero-order valence-corrected chi connectivity index (χ0v) is 12.9. The minimum Gasteiger partial charge on any atom is -0.323 e. The maximum absolute atomic E-state index is 12.3. The number of nitrogens with one attached hydrogen (secondary N) is 1. The number of carbonyl (C=O) groups is 1. The van der Waals surface area contributed by atoms with Crippen molar-refractivity contribution < 1.29 is 9.00 Å². The number of hydrogen-bond donors (Lipinski definition) is 1. The van der Waals surface area contributed by atoms with E-state index < -0.39 is 10.8 Å². The summed E-state index contributed by atoms with van der Waals surface area (Å²) in [6, 6.07) is 0.102. The number of carbonyl (C=O) groups excluding carboxylic acids is 1. The Bertz CT molecular complexity index is 320. The van der Waals surface area contributed by atoms with E-state index in [1.807, 2.05) is 11.8 Å². The number of rotatable bonds is 6. The molecule has 1 aliphatic heterocycles. The van der Waals surface area contributed by atoms with Crippen molar-refractivity contribution in [2.75, 3.05) is 12.0 Å². The molecule has 0 aromatic rings. The second-order valence-corrected chi connectivity index (χ2v) is 7.03. The summed E-state index contributed by atoms with van der Waals surface area (Å²) in [6.45, 7) is 8.34. The van der Waals surface area contributed by atoms with E-state index >= 15 is 0 Å². The maximum atomic E-state index is 12.3. The summed E-state index contributed by atoms with van der Waals surface area (Å²) >= 11 is 0. The quantitative estimate of drug-likeness (QED) is 0.795. The van der Waals surface area contributed by atoms with Crippen molar-refractivity contribution in [2.24, 2.45) is 5.92 Å². The normalized spacial score (nSPS) is 27.9. The van der Waals surface area contributed by atoms with Crippen LogP contribution in [0, 0.1) is 5.92 Å². The first kappa shape index (κ1) is 15.6. The summed E-state index contributed by atoms with van der Waals surface area (Å²) in [5.74, 6) is 1.25. The van der Waals surface area contributed by atoms with Gasteiger partial charge in [-0.15, -0.1) is 0 Å². The van der Waals surface area contributed by atoms with E-state index in [2.05, 4.69) is 26.1 Å². The fraction of sp³-hybridized carbons (Fsp3) is 0.923. The molecule has 18 heavy (non-hydrogen) atoms. The molecule has 1 fully saturated rings.